The Balaban J connectivity index is 0.974. The van der Waals surface area contributed by atoms with Crippen molar-refractivity contribution in [1.82, 2.24) is 0 Å². The lowest BCUT2D eigenvalue weighted by Crippen LogP contribution is -2.38. The number of ether oxygens (including phenoxy) is 4. The average molecular weight is 689 g/mol. The van der Waals surface area contributed by atoms with Gasteiger partial charge in [0.05, 0.1) is 25.4 Å². The maximum atomic E-state index is 6.36. The highest BCUT2D eigenvalue weighted by atomic mass is 16.7. The molecular formula is C46H72O4. The molecule has 0 amide bonds. The van der Waals surface area contributed by atoms with Crippen molar-refractivity contribution in [1.29, 1.82) is 0 Å². The molecule has 2 aromatic rings. The Morgan fingerprint density at radius 3 is 1.54 bits per heavy atom. The molecule has 4 nitrogen and oxygen atoms in total. The molecule has 3 aliphatic rings. The standard InChI is InChI=1S/C46H72O4/c1-5-7-9-11-13-15-17-43-33-47-45(49-35(43)3)32-21-37-19-22-38(23-20-37)39-24-26-40(27-25-39)41-28-30-42(31-29-41)46-48-34-44(36(4)50-46)18-16-14-12-10-8-6-2/h24-31,35-38,43-46H,5-23,32-34H2,1-4H3/t35?,36?,37-,38-,43-,44-,45-,46-/m1/s1. The van der Waals surface area contributed by atoms with E-state index in [-0.39, 0.29) is 18.7 Å². The van der Waals surface area contributed by atoms with Crippen LogP contribution in [0.15, 0.2) is 48.5 Å². The monoisotopic (exact) mass is 689 g/mol. The molecule has 50 heavy (non-hydrogen) atoms. The largest absolute Gasteiger partial charge is 0.352 e. The minimum atomic E-state index is -0.254. The summed E-state index contributed by atoms with van der Waals surface area (Å²) in [6, 6.07) is 18.2. The van der Waals surface area contributed by atoms with Crippen LogP contribution in [0.5, 0.6) is 0 Å². The molecule has 0 N–H and O–H groups in total. The summed E-state index contributed by atoms with van der Waals surface area (Å²) in [4.78, 5) is 0. The van der Waals surface area contributed by atoms with Crippen LogP contribution >= 0.6 is 0 Å². The maximum absolute atomic E-state index is 6.36. The Hall–Kier alpha value is -1.72. The van der Waals surface area contributed by atoms with Gasteiger partial charge in [0.15, 0.2) is 12.6 Å². The molecule has 3 fully saturated rings. The zero-order chi connectivity index (χ0) is 35.0. The first-order valence-electron chi connectivity index (χ1n) is 21.3. The summed E-state index contributed by atoms with van der Waals surface area (Å²) in [5.41, 5.74) is 5.16. The van der Waals surface area contributed by atoms with E-state index in [1.54, 1.807) is 0 Å². The lowest BCUT2D eigenvalue weighted by Gasteiger charge is -2.36. The van der Waals surface area contributed by atoms with Crippen molar-refractivity contribution in [2.45, 2.75) is 187 Å². The van der Waals surface area contributed by atoms with E-state index in [0.717, 1.165) is 31.1 Å². The molecule has 280 valence electrons. The second kappa shape index (κ2) is 21.7. The van der Waals surface area contributed by atoms with Gasteiger partial charge in [0.2, 0.25) is 0 Å². The number of hydrogen-bond donors (Lipinski definition) is 0. The number of unbranched alkanes of at least 4 members (excludes halogenated alkanes) is 10. The van der Waals surface area contributed by atoms with Crippen molar-refractivity contribution >= 4 is 0 Å². The van der Waals surface area contributed by atoms with Gasteiger partial charge >= 0.3 is 0 Å². The van der Waals surface area contributed by atoms with E-state index in [4.69, 9.17) is 18.9 Å². The molecule has 0 spiro atoms. The third-order valence-electron chi connectivity index (χ3n) is 12.4. The van der Waals surface area contributed by atoms with Crippen molar-refractivity contribution in [3.8, 4) is 11.1 Å². The van der Waals surface area contributed by atoms with E-state index in [1.807, 2.05) is 0 Å². The first kappa shape index (κ1) is 39.5. The number of hydrogen-bond acceptors (Lipinski definition) is 4. The van der Waals surface area contributed by atoms with Crippen molar-refractivity contribution in [2.24, 2.45) is 17.8 Å². The van der Waals surface area contributed by atoms with Gasteiger partial charge in [0, 0.05) is 17.4 Å². The summed E-state index contributed by atoms with van der Waals surface area (Å²) in [5, 5.41) is 0. The topological polar surface area (TPSA) is 36.9 Å². The van der Waals surface area contributed by atoms with Crippen LogP contribution in [0.2, 0.25) is 0 Å². The van der Waals surface area contributed by atoms with Gasteiger partial charge < -0.3 is 18.9 Å². The smallest absolute Gasteiger partial charge is 0.184 e. The summed E-state index contributed by atoms with van der Waals surface area (Å²) < 4.78 is 25.2. The van der Waals surface area contributed by atoms with Crippen LogP contribution in [-0.2, 0) is 18.9 Å². The summed E-state index contributed by atoms with van der Waals surface area (Å²) in [6.07, 6.45) is 26.5. The summed E-state index contributed by atoms with van der Waals surface area (Å²) >= 11 is 0. The summed E-state index contributed by atoms with van der Waals surface area (Å²) in [5.74, 6) is 2.56. The van der Waals surface area contributed by atoms with Gasteiger partial charge in [-0.15, -0.1) is 0 Å². The van der Waals surface area contributed by atoms with Crippen LogP contribution in [0.25, 0.3) is 11.1 Å². The molecular weight excluding hydrogens is 617 g/mol. The van der Waals surface area contributed by atoms with Gasteiger partial charge in [-0.2, -0.15) is 0 Å². The normalized spacial score (nSPS) is 28.9. The highest BCUT2D eigenvalue weighted by Gasteiger charge is 2.31. The Bertz CT molecular complexity index is 1170. The zero-order valence-corrected chi connectivity index (χ0v) is 32.4. The first-order chi connectivity index (χ1) is 24.5. The third kappa shape index (κ3) is 12.5. The lowest BCUT2D eigenvalue weighted by molar-refractivity contribution is -0.237. The molecule has 0 bridgehead atoms. The number of rotatable bonds is 20. The molecule has 2 saturated heterocycles. The van der Waals surface area contributed by atoms with Crippen LogP contribution in [0, 0.1) is 17.8 Å². The van der Waals surface area contributed by atoms with Crippen molar-refractivity contribution in [3.63, 3.8) is 0 Å². The van der Waals surface area contributed by atoms with Crippen LogP contribution in [0.4, 0.5) is 0 Å². The SMILES string of the molecule is CCCCCCCC[C@@H]1CO[C@@H](CC[C@H]2CC[C@H](c3ccc(-c4ccc([C@@H]5OC[C@@H](CCCCCCCC)C(C)O5)cc4)cc3)CC2)OC1C. The minimum Gasteiger partial charge on any atom is -0.352 e. The Morgan fingerprint density at radius 1 is 0.500 bits per heavy atom. The van der Waals surface area contributed by atoms with Gasteiger partial charge in [-0.3, -0.25) is 0 Å². The third-order valence-corrected chi connectivity index (χ3v) is 12.4. The van der Waals surface area contributed by atoms with Gasteiger partial charge in [-0.05, 0) is 93.7 Å². The van der Waals surface area contributed by atoms with E-state index in [0.29, 0.717) is 23.9 Å². The molecule has 2 unspecified atom stereocenters. The molecule has 0 aromatic heterocycles. The van der Waals surface area contributed by atoms with Crippen LogP contribution in [-0.4, -0.2) is 31.7 Å². The Labute approximate surface area is 306 Å². The second-order valence-electron chi connectivity index (χ2n) is 16.3. The highest BCUT2D eigenvalue weighted by Crippen LogP contribution is 2.39. The summed E-state index contributed by atoms with van der Waals surface area (Å²) in [6.45, 7) is 10.8. The number of benzene rings is 2. The Morgan fingerprint density at radius 2 is 1.00 bits per heavy atom. The quantitative estimate of drug-likeness (QED) is 0.130. The zero-order valence-electron chi connectivity index (χ0n) is 32.4. The fourth-order valence-corrected chi connectivity index (χ4v) is 8.72. The van der Waals surface area contributed by atoms with Crippen LogP contribution < -0.4 is 0 Å². The van der Waals surface area contributed by atoms with E-state index in [9.17, 15) is 0 Å². The molecule has 5 rings (SSSR count). The maximum Gasteiger partial charge on any atom is 0.184 e. The van der Waals surface area contributed by atoms with Crippen molar-refractivity contribution in [2.75, 3.05) is 13.2 Å². The van der Waals surface area contributed by atoms with Gasteiger partial charge in [0.1, 0.15) is 0 Å². The molecule has 1 saturated carbocycles. The van der Waals surface area contributed by atoms with E-state index < -0.39 is 0 Å². The summed E-state index contributed by atoms with van der Waals surface area (Å²) in [7, 11) is 0. The predicted octanol–water partition coefficient (Wildman–Crippen LogP) is 13.3. The van der Waals surface area contributed by atoms with Gasteiger partial charge in [-0.1, -0.05) is 139 Å². The van der Waals surface area contributed by atoms with E-state index in [1.165, 1.54) is 139 Å². The fourth-order valence-electron chi connectivity index (χ4n) is 8.72. The average Bonchev–Trinajstić information content (AvgIpc) is 3.15. The van der Waals surface area contributed by atoms with E-state index in [2.05, 4.69) is 76.2 Å². The predicted molar refractivity (Wildman–Crippen MR) is 208 cm³/mol. The molecule has 2 heterocycles. The molecule has 2 aromatic carbocycles. The molecule has 4 heteroatoms. The molecule has 6 atom stereocenters. The van der Waals surface area contributed by atoms with Crippen LogP contribution in [0.3, 0.4) is 0 Å². The highest BCUT2D eigenvalue weighted by molar-refractivity contribution is 5.64. The minimum absolute atomic E-state index is 0.00323. The van der Waals surface area contributed by atoms with Gasteiger partial charge in [-0.25, -0.2) is 0 Å². The van der Waals surface area contributed by atoms with Crippen molar-refractivity contribution < 1.29 is 18.9 Å². The molecule has 0 radical (unpaired) electrons. The lowest BCUT2D eigenvalue weighted by atomic mass is 9.77. The Kier molecular flexibility index (Phi) is 17.2. The van der Waals surface area contributed by atoms with Gasteiger partial charge in [0.25, 0.3) is 0 Å². The molecule has 1 aliphatic carbocycles. The van der Waals surface area contributed by atoms with Crippen molar-refractivity contribution in [3.05, 3.63) is 59.7 Å². The molecule has 2 aliphatic heterocycles. The van der Waals surface area contributed by atoms with Crippen LogP contribution in [0.1, 0.15) is 179 Å². The fraction of sp³-hybridized carbons (Fsp3) is 0.739. The van der Waals surface area contributed by atoms with E-state index >= 15 is 0 Å². The second-order valence-corrected chi connectivity index (χ2v) is 16.3. The first-order valence-corrected chi connectivity index (χ1v) is 21.3.